The Kier molecular flexibility index (Phi) is 9.53. The molecule has 0 spiro atoms. The highest BCUT2D eigenvalue weighted by Gasteiger charge is 2.27. The van der Waals surface area contributed by atoms with Crippen molar-refractivity contribution in [3.63, 3.8) is 0 Å². The van der Waals surface area contributed by atoms with E-state index >= 15 is 0 Å². The topological polar surface area (TPSA) is 97.3 Å². The van der Waals surface area contributed by atoms with Crippen LogP contribution in [-0.4, -0.2) is 33.7 Å². The summed E-state index contributed by atoms with van der Waals surface area (Å²) in [4.78, 5) is 13.0. The molecule has 0 heterocycles. The maximum Gasteiger partial charge on any atom is 0.264 e. The van der Waals surface area contributed by atoms with Gasteiger partial charge in [0.1, 0.15) is 24.7 Å². The molecule has 40 heavy (non-hydrogen) atoms. The molecule has 0 atom stereocenters. The number of aryl methyl sites for hydroxylation is 1. The Morgan fingerprint density at radius 1 is 0.875 bits per heavy atom. The largest absolute Gasteiger partial charge is 0.494 e. The van der Waals surface area contributed by atoms with Crippen molar-refractivity contribution in [1.29, 1.82) is 0 Å². The predicted molar refractivity (Wildman–Crippen MR) is 156 cm³/mol. The molecular weight excluding hydrogens is 526 g/mol. The SMILES string of the molecule is CCOc1ccc(S(=O)(=O)N(CC(=O)N/N=C\c2ccccc2OCc2ccccc2)c2ccc(C)cc2)cc1. The van der Waals surface area contributed by atoms with Crippen LogP contribution in [0.15, 0.2) is 113 Å². The lowest BCUT2D eigenvalue weighted by molar-refractivity contribution is -0.119. The van der Waals surface area contributed by atoms with E-state index in [0.717, 1.165) is 15.4 Å². The number of sulfonamides is 1. The molecule has 0 aliphatic carbocycles. The van der Waals surface area contributed by atoms with Crippen LogP contribution < -0.4 is 19.2 Å². The molecule has 0 aromatic heterocycles. The van der Waals surface area contributed by atoms with Gasteiger partial charge in [0.25, 0.3) is 15.9 Å². The van der Waals surface area contributed by atoms with E-state index < -0.39 is 22.5 Å². The molecule has 1 N–H and O–H groups in total. The summed E-state index contributed by atoms with van der Waals surface area (Å²) in [6.45, 7) is 4.13. The van der Waals surface area contributed by atoms with Crippen molar-refractivity contribution in [2.45, 2.75) is 25.3 Å². The number of hydrazone groups is 1. The highest BCUT2D eigenvalue weighted by molar-refractivity contribution is 7.92. The molecule has 9 heteroatoms. The first-order valence-electron chi connectivity index (χ1n) is 12.8. The molecule has 0 unspecified atom stereocenters. The van der Waals surface area contributed by atoms with Crippen LogP contribution in [0.25, 0.3) is 0 Å². The van der Waals surface area contributed by atoms with Crippen LogP contribution in [0.1, 0.15) is 23.6 Å². The van der Waals surface area contributed by atoms with Gasteiger partial charge in [0.15, 0.2) is 0 Å². The summed E-state index contributed by atoms with van der Waals surface area (Å²) >= 11 is 0. The van der Waals surface area contributed by atoms with Gasteiger partial charge in [-0.05, 0) is 67.9 Å². The molecule has 0 saturated carbocycles. The number of nitrogens with zero attached hydrogens (tertiary/aromatic N) is 2. The lowest BCUT2D eigenvalue weighted by Gasteiger charge is -2.24. The van der Waals surface area contributed by atoms with Crippen molar-refractivity contribution in [2.24, 2.45) is 5.10 Å². The van der Waals surface area contributed by atoms with Gasteiger partial charge in [0.2, 0.25) is 0 Å². The Labute approximate surface area is 234 Å². The summed E-state index contributed by atoms with van der Waals surface area (Å²) < 4.78 is 39.6. The van der Waals surface area contributed by atoms with E-state index in [0.29, 0.717) is 36.0 Å². The summed E-state index contributed by atoms with van der Waals surface area (Å²) in [7, 11) is -4.07. The Bertz CT molecular complexity index is 1540. The fraction of sp³-hybridized carbons (Fsp3) is 0.161. The molecule has 1 amide bonds. The first-order chi connectivity index (χ1) is 19.4. The maximum atomic E-state index is 13.6. The van der Waals surface area contributed by atoms with Crippen molar-refractivity contribution in [1.82, 2.24) is 5.43 Å². The second-order valence-electron chi connectivity index (χ2n) is 8.86. The van der Waals surface area contributed by atoms with Crippen LogP contribution in [-0.2, 0) is 21.4 Å². The van der Waals surface area contributed by atoms with E-state index in [1.165, 1.54) is 18.3 Å². The summed E-state index contributed by atoms with van der Waals surface area (Å²) in [6, 6.07) is 30.1. The van der Waals surface area contributed by atoms with Gasteiger partial charge < -0.3 is 9.47 Å². The molecule has 0 aliphatic heterocycles. The number of rotatable bonds is 12. The van der Waals surface area contributed by atoms with Gasteiger partial charge in [0, 0.05) is 5.56 Å². The Balaban J connectivity index is 1.48. The van der Waals surface area contributed by atoms with Crippen LogP contribution in [0.3, 0.4) is 0 Å². The fourth-order valence-corrected chi connectivity index (χ4v) is 5.24. The van der Waals surface area contributed by atoms with Gasteiger partial charge in [-0.15, -0.1) is 0 Å². The lowest BCUT2D eigenvalue weighted by Crippen LogP contribution is -2.39. The molecule has 4 aromatic rings. The number of benzene rings is 4. The van der Waals surface area contributed by atoms with Crippen molar-refractivity contribution in [3.05, 3.63) is 120 Å². The van der Waals surface area contributed by atoms with E-state index in [9.17, 15) is 13.2 Å². The van der Waals surface area contributed by atoms with Gasteiger partial charge in [-0.2, -0.15) is 5.10 Å². The molecule has 206 valence electrons. The zero-order valence-corrected chi connectivity index (χ0v) is 23.2. The number of ether oxygens (including phenoxy) is 2. The third-order valence-corrected chi connectivity index (χ3v) is 7.67. The first kappa shape index (κ1) is 28.4. The fourth-order valence-electron chi connectivity index (χ4n) is 3.82. The highest BCUT2D eigenvalue weighted by atomic mass is 32.2. The molecule has 0 saturated heterocycles. The summed E-state index contributed by atoms with van der Waals surface area (Å²) in [5.74, 6) is 0.557. The number of carbonyl (C=O) groups excluding carboxylic acids is 1. The number of amides is 1. The molecule has 0 bridgehead atoms. The molecule has 4 aromatic carbocycles. The zero-order valence-electron chi connectivity index (χ0n) is 22.4. The Hall–Kier alpha value is -4.63. The van der Waals surface area contributed by atoms with Crippen LogP contribution in [0.2, 0.25) is 0 Å². The third kappa shape index (κ3) is 7.48. The summed E-state index contributed by atoms with van der Waals surface area (Å²) in [6.07, 6.45) is 1.47. The molecule has 8 nitrogen and oxygen atoms in total. The minimum absolute atomic E-state index is 0.0392. The quantitative estimate of drug-likeness (QED) is 0.188. The second-order valence-corrected chi connectivity index (χ2v) is 10.7. The lowest BCUT2D eigenvalue weighted by atomic mass is 10.2. The van der Waals surface area contributed by atoms with E-state index in [4.69, 9.17) is 9.47 Å². The van der Waals surface area contributed by atoms with E-state index in [1.54, 1.807) is 36.4 Å². The van der Waals surface area contributed by atoms with Gasteiger partial charge in [-0.1, -0.05) is 60.2 Å². The molecular formula is C31H31N3O5S. The van der Waals surface area contributed by atoms with Crippen molar-refractivity contribution in [3.8, 4) is 11.5 Å². The monoisotopic (exact) mass is 557 g/mol. The second kappa shape index (κ2) is 13.4. The van der Waals surface area contributed by atoms with Crippen LogP contribution in [0.5, 0.6) is 11.5 Å². The average Bonchev–Trinajstić information content (AvgIpc) is 2.97. The molecule has 0 radical (unpaired) electrons. The van der Waals surface area contributed by atoms with E-state index in [-0.39, 0.29) is 4.90 Å². The van der Waals surface area contributed by atoms with E-state index in [2.05, 4.69) is 10.5 Å². The number of nitrogens with one attached hydrogen (secondary N) is 1. The minimum atomic E-state index is -4.07. The highest BCUT2D eigenvalue weighted by Crippen LogP contribution is 2.25. The van der Waals surface area contributed by atoms with Gasteiger partial charge in [-0.3, -0.25) is 9.10 Å². The van der Waals surface area contributed by atoms with Gasteiger partial charge >= 0.3 is 0 Å². The molecule has 4 rings (SSSR count). The van der Waals surface area contributed by atoms with Crippen molar-refractivity contribution >= 4 is 27.8 Å². The zero-order chi connectivity index (χ0) is 28.4. The Morgan fingerprint density at radius 3 is 2.25 bits per heavy atom. The molecule has 0 aliphatic rings. The van der Waals surface area contributed by atoms with Crippen LogP contribution >= 0.6 is 0 Å². The summed E-state index contributed by atoms with van der Waals surface area (Å²) in [5, 5.41) is 4.06. The maximum absolute atomic E-state index is 13.6. The number of para-hydroxylation sites is 1. The normalized spacial score (nSPS) is 11.2. The van der Waals surface area contributed by atoms with Gasteiger partial charge in [0.05, 0.1) is 23.4 Å². The van der Waals surface area contributed by atoms with Crippen LogP contribution in [0, 0.1) is 6.92 Å². The van der Waals surface area contributed by atoms with Gasteiger partial charge in [-0.25, -0.2) is 13.8 Å². The standard InChI is InChI=1S/C31H31N3O5S/c1-3-38-28-17-19-29(20-18-28)40(36,37)34(27-15-13-24(2)14-16-27)22-31(35)33-32-21-26-11-7-8-12-30(26)39-23-25-9-5-4-6-10-25/h4-21H,3,22-23H2,1-2H3,(H,33,35)/b32-21-. The molecule has 0 fully saturated rings. The Morgan fingerprint density at radius 2 is 1.55 bits per heavy atom. The number of hydrogen-bond donors (Lipinski definition) is 1. The van der Waals surface area contributed by atoms with Crippen molar-refractivity contribution < 1.29 is 22.7 Å². The minimum Gasteiger partial charge on any atom is -0.494 e. The first-order valence-corrected chi connectivity index (χ1v) is 14.2. The van der Waals surface area contributed by atoms with Crippen molar-refractivity contribution in [2.75, 3.05) is 17.5 Å². The predicted octanol–water partition coefficient (Wildman–Crippen LogP) is 5.32. The smallest absolute Gasteiger partial charge is 0.264 e. The van der Waals surface area contributed by atoms with E-state index in [1.807, 2.05) is 68.4 Å². The third-order valence-electron chi connectivity index (χ3n) is 5.88. The number of anilines is 1. The number of hydrogen-bond acceptors (Lipinski definition) is 6. The van der Waals surface area contributed by atoms with Crippen LogP contribution in [0.4, 0.5) is 5.69 Å². The summed E-state index contributed by atoms with van der Waals surface area (Å²) in [5.41, 5.74) is 5.45. The average molecular weight is 558 g/mol. The number of carbonyl (C=O) groups is 1.